The maximum Gasteiger partial charge on any atom is 0.172 e. The Morgan fingerprint density at radius 1 is 1.06 bits per heavy atom. The van der Waals surface area contributed by atoms with Gasteiger partial charge < -0.3 is 0 Å². The number of hydrogen-bond donors (Lipinski definition) is 0. The predicted octanol–water partition coefficient (Wildman–Crippen LogP) is 2.86. The fourth-order valence-electron chi connectivity index (χ4n) is 3.07. The molecule has 1 aromatic heterocycles. The van der Waals surface area contributed by atoms with E-state index in [2.05, 4.69) is 15.0 Å². The number of aromatic nitrogens is 3. The highest BCUT2D eigenvalue weighted by Crippen LogP contribution is 2.38. The Hall–Kier alpha value is -1.19. The molecule has 0 aliphatic heterocycles. The van der Waals surface area contributed by atoms with E-state index in [0.717, 1.165) is 12.0 Å². The van der Waals surface area contributed by atoms with E-state index in [4.69, 9.17) is 0 Å². The van der Waals surface area contributed by atoms with Gasteiger partial charge in [-0.3, -0.25) is 4.79 Å². The van der Waals surface area contributed by atoms with Gasteiger partial charge in [0.05, 0.1) is 11.7 Å². The molecule has 4 nitrogen and oxygen atoms in total. The average molecular weight is 233 g/mol. The van der Waals surface area contributed by atoms with Crippen LogP contribution < -0.4 is 0 Å². The van der Waals surface area contributed by atoms with Gasteiger partial charge in [-0.2, -0.15) is 0 Å². The molecule has 2 aliphatic carbocycles. The summed E-state index contributed by atoms with van der Waals surface area (Å²) in [7, 11) is 0. The molecule has 1 heterocycles. The quantitative estimate of drug-likeness (QED) is 0.754. The first-order valence-electron chi connectivity index (χ1n) is 6.80. The molecule has 0 saturated heterocycles. The number of carbonyl (C=O) groups is 1. The van der Waals surface area contributed by atoms with Crippen molar-refractivity contribution < 1.29 is 4.79 Å². The predicted molar refractivity (Wildman–Crippen MR) is 64.1 cm³/mol. The zero-order chi connectivity index (χ0) is 11.7. The van der Waals surface area contributed by atoms with Crippen molar-refractivity contribution >= 4 is 6.29 Å². The van der Waals surface area contributed by atoms with Gasteiger partial charge in [-0.25, -0.2) is 4.68 Å². The lowest BCUT2D eigenvalue weighted by molar-refractivity contribution is 0.111. The lowest BCUT2D eigenvalue weighted by Gasteiger charge is -2.30. The van der Waals surface area contributed by atoms with Gasteiger partial charge in [-0.1, -0.05) is 24.5 Å². The van der Waals surface area contributed by atoms with E-state index >= 15 is 0 Å². The Morgan fingerprint density at radius 3 is 2.41 bits per heavy atom. The lowest BCUT2D eigenvalue weighted by atomic mass is 9.85. The first-order chi connectivity index (χ1) is 8.40. The number of hydrogen-bond acceptors (Lipinski definition) is 3. The van der Waals surface area contributed by atoms with Gasteiger partial charge in [0.15, 0.2) is 6.29 Å². The first kappa shape index (κ1) is 10.9. The van der Waals surface area contributed by atoms with Crippen LogP contribution in [0.1, 0.15) is 79.5 Å². The van der Waals surface area contributed by atoms with Crippen molar-refractivity contribution in [3.05, 3.63) is 11.4 Å². The van der Waals surface area contributed by atoms with Crippen molar-refractivity contribution in [1.29, 1.82) is 0 Å². The highest BCUT2D eigenvalue weighted by Gasteiger charge is 2.29. The van der Waals surface area contributed by atoms with E-state index in [9.17, 15) is 4.79 Å². The molecule has 0 atom stereocenters. The van der Waals surface area contributed by atoms with Crippen molar-refractivity contribution in [1.82, 2.24) is 15.0 Å². The molecule has 0 spiro atoms. The minimum atomic E-state index is 0.508. The third-order valence-electron chi connectivity index (χ3n) is 4.28. The van der Waals surface area contributed by atoms with Crippen LogP contribution in [-0.2, 0) is 0 Å². The molecule has 2 aliphatic rings. The van der Waals surface area contributed by atoms with Crippen LogP contribution in [-0.4, -0.2) is 21.3 Å². The Labute approximate surface area is 101 Å². The van der Waals surface area contributed by atoms with Crippen molar-refractivity contribution in [2.24, 2.45) is 0 Å². The highest BCUT2D eigenvalue weighted by molar-refractivity contribution is 5.73. The lowest BCUT2D eigenvalue weighted by Crippen LogP contribution is -2.23. The number of nitrogens with zero attached hydrogens (tertiary/aromatic N) is 3. The van der Waals surface area contributed by atoms with Gasteiger partial charge in [-0.15, -0.1) is 5.10 Å². The van der Waals surface area contributed by atoms with Gasteiger partial charge in [0.1, 0.15) is 5.69 Å². The summed E-state index contributed by atoms with van der Waals surface area (Å²) in [6.07, 6.45) is 10.8. The largest absolute Gasteiger partial charge is 0.296 e. The fourth-order valence-corrected chi connectivity index (χ4v) is 3.07. The van der Waals surface area contributed by atoms with Crippen LogP contribution in [0.3, 0.4) is 0 Å². The third-order valence-corrected chi connectivity index (χ3v) is 4.28. The van der Waals surface area contributed by atoms with Gasteiger partial charge in [0.25, 0.3) is 0 Å². The summed E-state index contributed by atoms with van der Waals surface area (Å²) in [5.41, 5.74) is 1.72. The minimum absolute atomic E-state index is 0.508. The molecule has 0 aromatic carbocycles. The second-order valence-electron chi connectivity index (χ2n) is 5.34. The second kappa shape index (κ2) is 4.59. The van der Waals surface area contributed by atoms with Crippen LogP contribution >= 0.6 is 0 Å². The summed E-state index contributed by atoms with van der Waals surface area (Å²) >= 11 is 0. The summed E-state index contributed by atoms with van der Waals surface area (Å²) < 4.78 is 2.06. The van der Waals surface area contributed by atoms with Crippen LogP contribution in [0, 0.1) is 0 Å². The first-order valence-corrected chi connectivity index (χ1v) is 6.80. The molecular formula is C13H19N3O. The molecule has 3 rings (SSSR count). The maximum atomic E-state index is 11.1. The summed E-state index contributed by atoms with van der Waals surface area (Å²) in [4.78, 5) is 11.1. The van der Waals surface area contributed by atoms with Crippen LogP contribution in [0.2, 0.25) is 0 Å². The van der Waals surface area contributed by atoms with Crippen LogP contribution in [0.15, 0.2) is 0 Å². The molecule has 2 fully saturated rings. The molecular weight excluding hydrogens is 214 g/mol. The Balaban J connectivity index is 1.92. The molecule has 17 heavy (non-hydrogen) atoms. The summed E-state index contributed by atoms with van der Waals surface area (Å²) in [6.45, 7) is 0. The zero-order valence-corrected chi connectivity index (χ0v) is 10.1. The normalized spacial score (nSPS) is 22.4. The standard InChI is InChI=1S/C13H19N3O/c17-9-12-13(10-5-2-1-3-6-10)16(15-14-12)11-7-4-8-11/h9-11H,1-8H2. The molecule has 0 bridgehead atoms. The van der Waals surface area contributed by atoms with Crippen LogP contribution in [0.25, 0.3) is 0 Å². The monoisotopic (exact) mass is 233 g/mol. The molecule has 2 saturated carbocycles. The highest BCUT2D eigenvalue weighted by atomic mass is 16.1. The average Bonchev–Trinajstić information content (AvgIpc) is 2.71. The number of rotatable bonds is 3. The van der Waals surface area contributed by atoms with E-state index in [1.165, 1.54) is 51.4 Å². The van der Waals surface area contributed by atoms with Gasteiger partial charge >= 0.3 is 0 Å². The van der Waals surface area contributed by atoms with Crippen LogP contribution in [0.5, 0.6) is 0 Å². The van der Waals surface area contributed by atoms with E-state index < -0.39 is 0 Å². The van der Waals surface area contributed by atoms with Crippen molar-refractivity contribution in [2.75, 3.05) is 0 Å². The molecule has 92 valence electrons. The second-order valence-corrected chi connectivity index (χ2v) is 5.34. The Bertz CT molecular complexity index is 403. The molecule has 1 aromatic rings. The number of aldehydes is 1. The zero-order valence-electron chi connectivity index (χ0n) is 10.1. The van der Waals surface area contributed by atoms with E-state index in [1.54, 1.807) is 0 Å². The van der Waals surface area contributed by atoms with Crippen molar-refractivity contribution in [3.8, 4) is 0 Å². The molecule has 4 heteroatoms. The van der Waals surface area contributed by atoms with Crippen molar-refractivity contribution in [2.45, 2.75) is 63.3 Å². The minimum Gasteiger partial charge on any atom is -0.296 e. The van der Waals surface area contributed by atoms with E-state index in [1.807, 2.05) is 0 Å². The molecule has 0 radical (unpaired) electrons. The fraction of sp³-hybridized carbons (Fsp3) is 0.769. The Kier molecular flexibility index (Phi) is 2.95. The molecule has 0 amide bonds. The Morgan fingerprint density at radius 2 is 1.82 bits per heavy atom. The SMILES string of the molecule is O=Cc1nnn(C2CCC2)c1C1CCCCC1. The topological polar surface area (TPSA) is 47.8 Å². The van der Waals surface area contributed by atoms with E-state index in [-0.39, 0.29) is 0 Å². The van der Waals surface area contributed by atoms with Gasteiger partial charge in [-0.05, 0) is 32.1 Å². The van der Waals surface area contributed by atoms with Crippen molar-refractivity contribution in [3.63, 3.8) is 0 Å². The molecule has 0 N–H and O–H groups in total. The smallest absolute Gasteiger partial charge is 0.172 e. The molecule has 0 unspecified atom stereocenters. The van der Waals surface area contributed by atoms with Gasteiger partial charge in [0, 0.05) is 5.92 Å². The maximum absolute atomic E-state index is 11.1. The summed E-state index contributed by atoms with van der Waals surface area (Å²) in [5, 5.41) is 8.28. The van der Waals surface area contributed by atoms with E-state index in [0.29, 0.717) is 17.7 Å². The van der Waals surface area contributed by atoms with Crippen LogP contribution in [0.4, 0.5) is 0 Å². The third kappa shape index (κ3) is 1.90. The number of carbonyl (C=O) groups excluding carboxylic acids is 1. The van der Waals surface area contributed by atoms with Gasteiger partial charge in [0.2, 0.25) is 0 Å². The summed E-state index contributed by atoms with van der Waals surface area (Å²) in [5.74, 6) is 0.513. The summed E-state index contributed by atoms with van der Waals surface area (Å²) in [6, 6.07) is 0.508.